The summed E-state index contributed by atoms with van der Waals surface area (Å²) in [5, 5.41) is 10.6. The van der Waals surface area contributed by atoms with Gasteiger partial charge in [-0.25, -0.2) is 4.79 Å². The molecule has 4 nitrogen and oxygen atoms in total. The Bertz CT molecular complexity index is 672. The van der Waals surface area contributed by atoms with Crippen LogP contribution in [0.25, 0.3) is 11.0 Å². The van der Waals surface area contributed by atoms with Gasteiger partial charge in [-0.05, 0) is 54.7 Å². The zero-order chi connectivity index (χ0) is 13.0. The summed E-state index contributed by atoms with van der Waals surface area (Å²) in [5.74, 6) is 1.93. The van der Waals surface area contributed by atoms with Crippen LogP contribution >= 0.6 is 0 Å². The molecule has 0 aliphatic heterocycles. The number of rotatable bonds is 2. The maximum absolute atomic E-state index is 11.3. The number of imidazole rings is 1. The molecule has 2 aliphatic carbocycles. The molecule has 0 radical (unpaired) electrons. The van der Waals surface area contributed by atoms with Gasteiger partial charge in [-0.15, -0.1) is 0 Å². The maximum Gasteiger partial charge on any atom is 0.323 e. The van der Waals surface area contributed by atoms with E-state index in [4.69, 9.17) is 0 Å². The Morgan fingerprint density at radius 2 is 2.00 bits per heavy atom. The third kappa shape index (κ3) is 1.74. The van der Waals surface area contributed by atoms with Crippen molar-refractivity contribution in [1.82, 2.24) is 9.97 Å². The van der Waals surface area contributed by atoms with Crippen LogP contribution in [0.4, 0.5) is 0 Å². The topological polar surface area (TPSA) is 68.9 Å². The molecule has 4 heteroatoms. The number of aromatic amines is 2. The molecular weight excluding hydrogens is 240 g/mol. The normalized spacial score (nSPS) is 31.1. The van der Waals surface area contributed by atoms with Gasteiger partial charge in [0.05, 0.1) is 17.1 Å². The Morgan fingerprint density at radius 1 is 1.16 bits per heavy atom. The fourth-order valence-corrected chi connectivity index (χ4v) is 4.16. The molecule has 3 N–H and O–H groups in total. The molecule has 100 valence electrons. The lowest BCUT2D eigenvalue weighted by atomic mass is 9.82. The lowest BCUT2D eigenvalue weighted by Gasteiger charge is -2.27. The Kier molecular flexibility index (Phi) is 2.36. The minimum Gasteiger partial charge on any atom is -0.388 e. The van der Waals surface area contributed by atoms with E-state index in [1.807, 2.05) is 18.2 Å². The van der Waals surface area contributed by atoms with E-state index in [1.54, 1.807) is 0 Å². The molecule has 2 bridgehead atoms. The first-order valence-electron chi connectivity index (χ1n) is 7.11. The molecule has 1 aromatic heterocycles. The van der Waals surface area contributed by atoms with Crippen LogP contribution in [-0.4, -0.2) is 15.1 Å². The third-order valence-corrected chi connectivity index (χ3v) is 5.08. The Balaban J connectivity index is 1.67. The highest BCUT2D eigenvalue weighted by Crippen LogP contribution is 2.52. The van der Waals surface area contributed by atoms with Gasteiger partial charge in [0.15, 0.2) is 0 Å². The van der Waals surface area contributed by atoms with Gasteiger partial charge in [-0.1, -0.05) is 12.5 Å². The van der Waals surface area contributed by atoms with Crippen molar-refractivity contribution in [1.29, 1.82) is 0 Å². The molecule has 0 spiro atoms. The number of aliphatic hydroxyl groups is 1. The number of aromatic nitrogens is 2. The molecule has 0 amide bonds. The zero-order valence-corrected chi connectivity index (χ0v) is 10.7. The molecule has 2 aromatic rings. The van der Waals surface area contributed by atoms with Crippen molar-refractivity contribution < 1.29 is 5.11 Å². The number of nitrogens with one attached hydrogen (secondary N) is 2. The summed E-state index contributed by atoms with van der Waals surface area (Å²) in [5.41, 5.74) is 2.32. The molecule has 19 heavy (non-hydrogen) atoms. The fourth-order valence-electron chi connectivity index (χ4n) is 4.16. The monoisotopic (exact) mass is 258 g/mol. The van der Waals surface area contributed by atoms with Crippen LogP contribution in [0.1, 0.15) is 37.4 Å². The van der Waals surface area contributed by atoms with E-state index in [0.717, 1.165) is 28.9 Å². The Morgan fingerprint density at radius 3 is 2.74 bits per heavy atom. The quantitative estimate of drug-likeness (QED) is 0.773. The van der Waals surface area contributed by atoms with Crippen LogP contribution in [0.2, 0.25) is 0 Å². The van der Waals surface area contributed by atoms with Crippen LogP contribution in [0.5, 0.6) is 0 Å². The van der Waals surface area contributed by atoms with Crippen molar-refractivity contribution in [3.05, 3.63) is 34.2 Å². The number of hydrogen-bond donors (Lipinski definition) is 3. The van der Waals surface area contributed by atoms with Gasteiger partial charge in [-0.2, -0.15) is 0 Å². The third-order valence-electron chi connectivity index (χ3n) is 5.08. The number of aliphatic hydroxyl groups excluding tert-OH is 1. The number of H-pyrrole nitrogens is 2. The van der Waals surface area contributed by atoms with E-state index in [2.05, 4.69) is 9.97 Å². The van der Waals surface area contributed by atoms with Crippen molar-refractivity contribution in [3.8, 4) is 0 Å². The molecule has 4 rings (SSSR count). The van der Waals surface area contributed by atoms with Crippen molar-refractivity contribution in [2.24, 2.45) is 17.8 Å². The molecular formula is C15H18N2O2. The van der Waals surface area contributed by atoms with Gasteiger partial charge < -0.3 is 15.1 Å². The first kappa shape index (κ1) is 11.3. The predicted molar refractivity (Wildman–Crippen MR) is 72.8 cm³/mol. The highest BCUT2D eigenvalue weighted by Gasteiger charge is 2.43. The predicted octanol–water partition coefficient (Wildman–Crippen LogP) is 2.33. The van der Waals surface area contributed by atoms with E-state index >= 15 is 0 Å². The number of hydrogen-bond acceptors (Lipinski definition) is 2. The van der Waals surface area contributed by atoms with Gasteiger partial charge >= 0.3 is 5.69 Å². The van der Waals surface area contributed by atoms with E-state index in [0.29, 0.717) is 11.8 Å². The number of benzene rings is 1. The van der Waals surface area contributed by atoms with Gasteiger partial charge in [0.2, 0.25) is 0 Å². The second-order valence-electron chi connectivity index (χ2n) is 6.17. The summed E-state index contributed by atoms with van der Waals surface area (Å²) in [6.45, 7) is 0. The molecule has 1 aromatic carbocycles. The molecule has 2 fully saturated rings. The summed E-state index contributed by atoms with van der Waals surface area (Å²) < 4.78 is 0. The highest BCUT2D eigenvalue weighted by atomic mass is 16.3. The first-order chi connectivity index (χ1) is 9.20. The lowest BCUT2D eigenvalue weighted by Crippen LogP contribution is -2.19. The molecule has 1 heterocycles. The summed E-state index contributed by atoms with van der Waals surface area (Å²) >= 11 is 0. The van der Waals surface area contributed by atoms with E-state index < -0.39 is 6.10 Å². The van der Waals surface area contributed by atoms with Crippen molar-refractivity contribution in [3.63, 3.8) is 0 Å². The van der Waals surface area contributed by atoms with Gasteiger partial charge in [0.25, 0.3) is 0 Å². The standard InChI is InChI=1S/C15H18N2O2/c18-14(11-6-8-1-2-9(11)5-8)10-3-4-12-13(7-10)17-15(19)16-12/h3-4,7-9,11,14,18H,1-2,5-6H2,(H2,16,17,19). The molecule has 0 saturated heterocycles. The van der Waals surface area contributed by atoms with Gasteiger partial charge in [-0.3, -0.25) is 0 Å². The molecule has 2 saturated carbocycles. The second kappa shape index (κ2) is 3.97. The van der Waals surface area contributed by atoms with Crippen molar-refractivity contribution in [2.75, 3.05) is 0 Å². The summed E-state index contributed by atoms with van der Waals surface area (Å²) in [4.78, 5) is 16.7. The largest absolute Gasteiger partial charge is 0.388 e. The molecule has 4 unspecified atom stereocenters. The van der Waals surface area contributed by atoms with Crippen LogP contribution in [0.15, 0.2) is 23.0 Å². The second-order valence-corrected chi connectivity index (χ2v) is 6.17. The highest BCUT2D eigenvalue weighted by molar-refractivity contribution is 5.75. The lowest BCUT2D eigenvalue weighted by molar-refractivity contribution is 0.0746. The minimum atomic E-state index is -0.391. The fraction of sp³-hybridized carbons (Fsp3) is 0.533. The summed E-state index contributed by atoms with van der Waals surface area (Å²) in [7, 11) is 0. The van der Waals surface area contributed by atoms with Crippen LogP contribution < -0.4 is 5.69 Å². The van der Waals surface area contributed by atoms with Crippen LogP contribution in [-0.2, 0) is 0 Å². The van der Waals surface area contributed by atoms with E-state index in [-0.39, 0.29) is 5.69 Å². The van der Waals surface area contributed by atoms with Crippen LogP contribution in [0.3, 0.4) is 0 Å². The van der Waals surface area contributed by atoms with Gasteiger partial charge in [0, 0.05) is 0 Å². The summed E-state index contributed by atoms with van der Waals surface area (Å²) in [6.07, 6.45) is 4.68. The van der Waals surface area contributed by atoms with Gasteiger partial charge in [0.1, 0.15) is 0 Å². The van der Waals surface area contributed by atoms with E-state index in [1.165, 1.54) is 19.3 Å². The zero-order valence-electron chi connectivity index (χ0n) is 10.7. The number of fused-ring (bicyclic) bond motifs is 3. The van der Waals surface area contributed by atoms with Crippen LogP contribution in [0, 0.1) is 17.8 Å². The van der Waals surface area contributed by atoms with Crippen molar-refractivity contribution in [2.45, 2.75) is 31.8 Å². The average Bonchev–Trinajstić information content (AvgIpc) is 3.09. The average molecular weight is 258 g/mol. The van der Waals surface area contributed by atoms with E-state index in [9.17, 15) is 9.90 Å². The Labute approximate surface area is 110 Å². The SMILES string of the molecule is O=c1[nH]c2ccc(C(O)C3CC4CCC3C4)cc2[nH]1. The maximum atomic E-state index is 11.3. The minimum absolute atomic E-state index is 0.193. The Hall–Kier alpha value is -1.55. The van der Waals surface area contributed by atoms with Crippen molar-refractivity contribution >= 4 is 11.0 Å². The molecule has 4 atom stereocenters. The summed E-state index contributed by atoms with van der Waals surface area (Å²) in [6, 6.07) is 5.71. The molecule has 2 aliphatic rings. The first-order valence-corrected chi connectivity index (χ1v) is 7.11. The smallest absolute Gasteiger partial charge is 0.323 e.